The number of fused-ring (bicyclic) bond motifs is 1. The van der Waals surface area contributed by atoms with Gasteiger partial charge in [0.15, 0.2) is 0 Å². The third kappa shape index (κ3) is 4.23. The number of hydrogen-bond donors (Lipinski definition) is 1. The van der Waals surface area contributed by atoms with Crippen LogP contribution in [0, 0.1) is 5.82 Å². The average molecular weight is 464 g/mol. The fourth-order valence-corrected chi connectivity index (χ4v) is 4.76. The number of nitrogens with one attached hydrogen (secondary N) is 1. The number of benzene rings is 2. The van der Waals surface area contributed by atoms with E-state index in [9.17, 15) is 23.6 Å². The maximum absolute atomic E-state index is 13.6. The number of imide groups is 1. The molecule has 7 nitrogen and oxygen atoms in total. The first kappa shape index (κ1) is 23.4. The van der Waals surface area contributed by atoms with Gasteiger partial charge in [0.25, 0.3) is 11.8 Å². The van der Waals surface area contributed by atoms with Crippen LogP contribution in [0.1, 0.15) is 52.8 Å². The van der Waals surface area contributed by atoms with Crippen LogP contribution in [0.25, 0.3) is 0 Å². The minimum Gasteiger partial charge on any atom is -0.326 e. The first-order chi connectivity index (χ1) is 16.4. The molecular weight excluding hydrogens is 437 g/mol. The van der Waals surface area contributed by atoms with Gasteiger partial charge in [0, 0.05) is 12.2 Å². The van der Waals surface area contributed by atoms with Crippen LogP contribution in [0.15, 0.2) is 61.2 Å². The van der Waals surface area contributed by atoms with Gasteiger partial charge < -0.3 is 10.2 Å². The maximum atomic E-state index is 13.6. The molecule has 0 bridgehead atoms. The van der Waals surface area contributed by atoms with E-state index in [0.717, 1.165) is 17.7 Å². The van der Waals surface area contributed by atoms with E-state index in [2.05, 4.69) is 11.9 Å². The summed E-state index contributed by atoms with van der Waals surface area (Å²) in [6.07, 6.45) is 4.50. The van der Waals surface area contributed by atoms with E-state index in [1.54, 1.807) is 30.3 Å². The molecule has 4 rings (SSSR count). The summed E-state index contributed by atoms with van der Waals surface area (Å²) in [6, 6.07) is 11.9. The summed E-state index contributed by atoms with van der Waals surface area (Å²) in [5.74, 6) is -2.30. The van der Waals surface area contributed by atoms with Gasteiger partial charge in [0.05, 0.1) is 11.1 Å². The summed E-state index contributed by atoms with van der Waals surface area (Å²) in [4.78, 5) is 55.1. The molecular formula is C26H26FN3O4. The summed E-state index contributed by atoms with van der Waals surface area (Å²) in [6.45, 7) is 3.50. The van der Waals surface area contributed by atoms with Crippen molar-refractivity contribution in [3.8, 4) is 0 Å². The molecule has 176 valence electrons. The van der Waals surface area contributed by atoms with Gasteiger partial charge in [-0.05, 0) is 55.7 Å². The third-order valence-electron chi connectivity index (χ3n) is 6.50. The summed E-state index contributed by atoms with van der Waals surface area (Å²) >= 11 is 0. The highest BCUT2D eigenvalue weighted by molar-refractivity contribution is 6.22. The summed E-state index contributed by atoms with van der Waals surface area (Å²) < 4.78 is 13.3. The summed E-state index contributed by atoms with van der Waals surface area (Å²) in [5, 5.41) is 2.82. The van der Waals surface area contributed by atoms with E-state index in [4.69, 9.17) is 0 Å². The second-order valence-electron chi connectivity index (χ2n) is 8.56. The van der Waals surface area contributed by atoms with Crippen molar-refractivity contribution >= 4 is 29.3 Å². The van der Waals surface area contributed by atoms with E-state index >= 15 is 0 Å². The van der Waals surface area contributed by atoms with Gasteiger partial charge in [-0.1, -0.05) is 31.1 Å². The normalized spacial score (nSPS) is 16.3. The molecule has 2 aliphatic rings. The first-order valence-electron chi connectivity index (χ1n) is 11.3. The molecule has 0 spiro atoms. The van der Waals surface area contributed by atoms with Crippen molar-refractivity contribution in [3.63, 3.8) is 0 Å². The zero-order valence-electron chi connectivity index (χ0n) is 18.8. The molecule has 8 heteroatoms. The lowest BCUT2D eigenvalue weighted by Gasteiger charge is -2.40. The van der Waals surface area contributed by atoms with Crippen LogP contribution >= 0.6 is 0 Å². The molecule has 1 aliphatic carbocycles. The Hall–Kier alpha value is -3.81. The summed E-state index contributed by atoms with van der Waals surface area (Å²) in [5.41, 5.74) is -0.174. The molecule has 1 aliphatic heterocycles. The van der Waals surface area contributed by atoms with Crippen molar-refractivity contribution in [2.75, 3.05) is 18.4 Å². The second kappa shape index (κ2) is 9.59. The molecule has 1 N–H and O–H groups in total. The number of carbonyl (C=O) groups is 4. The van der Waals surface area contributed by atoms with Crippen LogP contribution in [0.4, 0.5) is 10.1 Å². The molecule has 2 aromatic rings. The molecule has 4 amide bonds. The van der Waals surface area contributed by atoms with E-state index in [0.29, 0.717) is 24.9 Å². The topological polar surface area (TPSA) is 86.8 Å². The number of hydrogen-bond acceptors (Lipinski definition) is 4. The quantitative estimate of drug-likeness (QED) is 0.477. The minimum atomic E-state index is -1.13. The fourth-order valence-electron chi connectivity index (χ4n) is 4.76. The highest BCUT2D eigenvalue weighted by Gasteiger charge is 2.49. The monoisotopic (exact) mass is 463 g/mol. The van der Waals surface area contributed by atoms with Crippen LogP contribution in [0.2, 0.25) is 0 Å². The molecule has 0 aromatic heterocycles. The van der Waals surface area contributed by atoms with Crippen molar-refractivity contribution in [2.24, 2.45) is 0 Å². The Bertz CT molecular complexity index is 1100. The number of amides is 4. The van der Waals surface area contributed by atoms with Gasteiger partial charge in [-0.15, -0.1) is 6.58 Å². The number of anilines is 1. The molecule has 2 aromatic carbocycles. The minimum absolute atomic E-state index is 0.225. The highest BCUT2D eigenvalue weighted by atomic mass is 19.1. The Morgan fingerprint density at radius 1 is 1.03 bits per heavy atom. The zero-order valence-corrected chi connectivity index (χ0v) is 18.8. The second-order valence-corrected chi connectivity index (χ2v) is 8.56. The first-order valence-corrected chi connectivity index (χ1v) is 11.3. The van der Waals surface area contributed by atoms with E-state index in [1.807, 2.05) is 0 Å². The van der Waals surface area contributed by atoms with E-state index in [1.165, 1.54) is 29.2 Å². The Morgan fingerprint density at radius 2 is 1.62 bits per heavy atom. The van der Waals surface area contributed by atoms with Gasteiger partial charge >= 0.3 is 0 Å². The van der Waals surface area contributed by atoms with Crippen LogP contribution in [-0.2, 0) is 9.59 Å². The van der Waals surface area contributed by atoms with Crippen LogP contribution in [0.3, 0.4) is 0 Å². The Morgan fingerprint density at radius 3 is 2.18 bits per heavy atom. The third-order valence-corrected chi connectivity index (χ3v) is 6.50. The summed E-state index contributed by atoms with van der Waals surface area (Å²) in [7, 11) is 0. The molecule has 0 atom stereocenters. The Balaban J connectivity index is 1.60. The molecule has 0 unspecified atom stereocenters. The lowest BCUT2D eigenvalue weighted by atomic mass is 9.92. The Labute approximate surface area is 197 Å². The van der Waals surface area contributed by atoms with Crippen molar-refractivity contribution in [2.45, 2.75) is 37.6 Å². The van der Waals surface area contributed by atoms with Gasteiger partial charge in [0.1, 0.15) is 17.9 Å². The lowest BCUT2D eigenvalue weighted by Crippen LogP contribution is -2.59. The molecule has 0 radical (unpaired) electrons. The molecule has 1 heterocycles. The van der Waals surface area contributed by atoms with E-state index in [-0.39, 0.29) is 23.6 Å². The largest absolute Gasteiger partial charge is 0.326 e. The van der Waals surface area contributed by atoms with Gasteiger partial charge in [-0.25, -0.2) is 4.39 Å². The predicted octanol–water partition coefficient (Wildman–Crippen LogP) is 3.78. The van der Waals surface area contributed by atoms with Crippen LogP contribution in [0.5, 0.6) is 0 Å². The van der Waals surface area contributed by atoms with Gasteiger partial charge in [-0.2, -0.15) is 0 Å². The van der Waals surface area contributed by atoms with Crippen molar-refractivity contribution < 1.29 is 23.6 Å². The van der Waals surface area contributed by atoms with Crippen molar-refractivity contribution in [3.05, 3.63) is 78.1 Å². The van der Waals surface area contributed by atoms with Crippen LogP contribution in [-0.4, -0.2) is 52.1 Å². The average Bonchev–Trinajstić information content (AvgIpc) is 3.42. The number of halogens is 1. The highest BCUT2D eigenvalue weighted by Crippen LogP contribution is 2.37. The fraction of sp³-hybridized carbons (Fsp3) is 0.308. The van der Waals surface area contributed by atoms with Gasteiger partial charge in [-0.3, -0.25) is 24.1 Å². The van der Waals surface area contributed by atoms with E-state index < -0.39 is 35.6 Å². The standard InChI is InChI=1S/C26H26FN3O4/c1-2-3-16-30(22(31)17-29-23(32)20-8-4-5-9-21(20)24(29)33)26(14-6-7-15-26)25(34)28-19-12-10-18(27)11-13-19/h2,4-5,8-13H,1,3,6-7,14-17H2,(H,28,34). The zero-order chi connectivity index (χ0) is 24.3. The lowest BCUT2D eigenvalue weighted by molar-refractivity contribution is -0.145. The SMILES string of the molecule is C=CCCN(C(=O)CN1C(=O)c2ccccc2C1=O)C1(C(=O)Nc2ccc(F)cc2)CCCC1. The van der Waals surface area contributed by atoms with Crippen LogP contribution < -0.4 is 5.32 Å². The number of carbonyl (C=O) groups excluding carboxylic acids is 4. The molecule has 1 saturated carbocycles. The molecule has 1 fully saturated rings. The number of nitrogens with zero attached hydrogens (tertiary/aromatic N) is 2. The maximum Gasteiger partial charge on any atom is 0.262 e. The number of rotatable bonds is 8. The predicted molar refractivity (Wildman–Crippen MR) is 125 cm³/mol. The van der Waals surface area contributed by atoms with Crippen molar-refractivity contribution in [1.82, 2.24) is 9.80 Å². The molecule has 0 saturated heterocycles. The Kier molecular flexibility index (Phi) is 6.58. The molecule has 34 heavy (non-hydrogen) atoms. The van der Waals surface area contributed by atoms with Gasteiger partial charge in [0.2, 0.25) is 11.8 Å². The van der Waals surface area contributed by atoms with Crippen molar-refractivity contribution in [1.29, 1.82) is 0 Å². The smallest absolute Gasteiger partial charge is 0.262 e.